The molecule has 3 rings (SSSR count). The molecule has 0 saturated carbocycles. The molecule has 4 N–H and O–H groups in total. The number of ether oxygens (including phenoxy) is 4. The summed E-state index contributed by atoms with van der Waals surface area (Å²) in [5, 5.41) is 10.4. The number of aromatic amines is 1. The topological polar surface area (TPSA) is 129 Å². The first-order valence-corrected chi connectivity index (χ1v) is 11.0. The third-order valence-corrected chi connectivity index (χ3v) is 5.16. The Morgan fingerprint density at radius 1 is 1.12 bits per heavy atom. The Hall–Kier alpha value is -3.56. The number of hydrogen-bond acceptors (Lipinski definition) is 8. The molecule has 3 aromatic rings. The molecule has 34 heavy (non-hydrogen) atoms. The largest absolute Gasteiger partial charge is 0.493 e. The van der Waals surface area contributed by atoms with Crippen LogP contribution in [0.5, 0.6) is 17.2 Å². The van der Waals surface area contributed by atoms with Crippen LogP contribution in [0.3, 0.4) is 0 Å². The van der Waals surface area contributed by atoms with Gasteiger partial charge in [0.15, 0.2) is 11.5 Å². The van der Waals surface area contributed by atoms with E-state index in [1.807, 2.05) is 30.3 Å². The van der Waals surface area contributed by atoms with Crippen LogP contribution in [-0.2, 0) is 11.2 Å². The number of aliphatic hydroxyl groups is 1. The number of H-pyrrole nitrogens is 1. The Morgan fingerprint density at radius 3 is 2.53 bits per heavy atom. The van der Waals surface area contributed by atoms with Crippen molar-refractivity contribution in [2.75, 3.05) is 27.4 Å². The van der Waals surface area contributed by atoms with E-state index in [-0.39, 0.29) is 12.6 Å². The fourth-order valence-corrected chi connectivity index (χ4v) is 3.49. The van der Waals surface area contributed by atoms with Crippen LogP contribution in [0.15, 0.2) is 48.7 Å². The van der Waals surface area contributed by atoms with E-state index < -0.39 is 12.1 Å². The number of carbonyl (C=O) groups is 1. The van der Waals surface area contributed by atoms with Gasteiger partial charge in [0.1, 0.15) is 23.9 Å². The van der Waals surface area contributed by atoms with Crippen LogP contribution in [0.25, 0.3) is 11.4 Å². The summed E-state index contributed by atoms with van der Waals surface area (Å²) in [4.78, 5) is 18.9. The predicted molar refractivity (Wildman–Crippen MR) is 127 cm³/mol. The molecule has 0 aliphatic heterocycles. The van der Waals surface area contributed by atoms with E-state index in [0.29, 0.717) is 48.2 Å². The average Bonchev–Trinajstić information content (AvgIpc) is 3.33. The van der Waals surface area contributed by atoms with Crippen LogP contribution in [0, 0.1) is 0 Å². The lowest BCUT2D eigenvalue weighted by Crippen LogP contribution is -2.31. The monoisotopic (exact) mass is 469 g/mol. The Labute approximate surface area is 198 Å². The fraction of sp³-hybridized carbons (Fsp3) is 0.360. The zero-order chi connectivity index (χ0) is 24.5. The Kier molecular flexibility index (Phi) is 8.89. The first-order chi connectivity index (χ1) is 16.4. The van der Waals surface area contributed by atoms with Crippen molar-refractivity contribution in [2.45, 2.75) is 31.9 Å². The number of esters is 1. The highest BCUT2D eigenvalue weighted by molar-refractivity contribution is 5.87. The van der Waals surface area contributed by atoms with Crippen molar-refractivity contribution < 1.29 is 28.8 Å². The lowest BCUT2D eigenvalue weighted by Gasteiger charge is -2.18. The lowest BCUT2D eigenvalue weighted by molar-refractivity contribution is 0.0520. The van der Waals surface area contributed by atoms with Crippen LogP contribution in [-0.4, -0.2) is 60.6 Å². The van der Waals surface area contributed by atoms with E-state index >= 15 is 0 Å². The first-order valence-electron chi connectivity index (χ1n) is 11.0. The number of hydrogen-bond donors (Lipinski definition) is 3. The number of imidazole rings is 1. The second-order valence-electron chi connectivity index (χ2n) is 7.74. The van der Waals surface area contributed by atoms with Gasteiger partial charge in [0.05, 0.1) is 33.1 Å². The minimum atomic E-state index is -0.716. The van der Waals surface area contributed by atoms with Gasteiger partial charge < -0.3 is 34.8 Å². The molecular formula is C25H31N3O6. The minimum Gasteiger partial charge on any atom is -0.493 e. The zero-order valence-corrected chi connectivity index (χ0v) is 19.6. The van der Waals surface area contributed by atoms with Crippen LogP contribution < -0.4 is 19.9 Å². The van der Waals surface area contributed by atoms with Gasteiger partial charge in [0, 0.05) is 11.6 Å². The summed E-state index contributed by atoms with van der Waals surface area (Å²) >= 11 is 0. The third kappa shape index (κ3) is 6.72. The van der Waals surface area contributed by atoms with E-state index in [4.69, 9.17) is 24.7 Å². The van der Waals surface area contributed by atoms with Crippen molar-refractivity contribution in [3.05, 3.63) is 59.9 Å². The summed E-state index contributed by atoms with van der Waals surface area (Å²) in [5.74, 6) is 2.01. The van der Waals surface area contributed by atoms with Gasteiger partial charge in [-0.3, -0.25) is 0 Å². The maximum atomic E-state index is 11.8. The Morgan fingerprint density at radius 2 is 1.85 bits per heavy atom. The molecule has 9 heteroatoms. The Balaban J connectivity index is 1.48. The third-order valence-electron chi connectivity index (χ3n) is 5.16. The number of aliphatic hydroxyl groups excluding tert-OH is 1. The molecule has 9 nitrogen and oxygen atoms in total. The van der Waals surface area contributed by atoms with Gasteiger partial charge in [-0.2, -0.15) is 0 Å². The second-order valence-corrected chi connectivity index (χ2v) is 7.74. The number of aromatic nitrogens is 2. The first kappa shape index (κ1) is 25.1. The van der Waals surface area contributed by atoms with Crippen LogP contribution in [0.4, 0.5) is 0 Å². The van der Waals surface area contributed by atoms with E-state index in [1.165, 1.54) is 6.20 Å². The molecular weight excluding hydrogens is 438 g/mol. The standard InChI is InChI=1S/C25H31N3O6/c1-4-33-25(30)21-14-27-24(28-21)17-6-8-20(9-7-17)34-15-19(29)13-18(26)11-16-5-10-22(31-2)23(12-16)32-3/h5-10,12,14,18-19,29H,4,11,13,15,26H2,1-3H3,(H,27,28). The molecule has 1 heterocycles. The molecule has 2 unspecified atom stereocenters. The number of nitrogens with one attached hydrogen (secondary N) is 1. The van der Waals surface area contributed by atoms with Crippen LogP contribution in [0.2, 0.25) is 0 Å². The molecule has 1 aromatic heterocycles. The van der Waals surface area contributed by atoms with Gasteiger partial charge in [0.2, 0.25) is 0 Å². The number of nitrogens with two attached hydrogens (primary N) is 1. The van der Waals surface area contributed by atoms with Crippen molar-refractivity contribution in [3.8, 4) is 28.6 Å². The quantitative estimate of drug-likeness (QED) is 0.345. The fourth-order valence-electron chi connectivity index (χ4n) is 3.49. The smallest absolute Gasteiger partial charge is 0.356 e. The highest BCUT2D eigenvalue weighted by Crippen LogP contribution is 2.28. The summed E-state index contributed by atoms with van der Waals surface area (Å²) in [6.07, 6.45) is 1.70. The van der Waals surface area contributed by atoms with Crippen molar-refractivity contribution in [1.29, 1.82) is 0 Å². The minimum absolute atomic E-state index is 0.118. The lowest BCUT2D eigenvalue weighted by atomic mass is 10.0. The van der Waals surface area contributed by atoms with Crippen molar-refractivity contribution in [2.24, 2.45) is 5.73 Å². The van der Waals surface area contributed by atoms with Crippen LogP contribution >= 0.6 is 0 Å². The highest BCUT2D eigenvalue weighted by Gasteiger charge is 2.15. The van der Waals surface area contributed by atoms with Gasteiger partial charge in [0.25, 0.3) is 0 Å². The number of benzene rings is 2. The van der Waals surface area contributed by atoms with Gasteiger partial charge in [-0.15, -0.1) is 0 Å². The Bertz CT molecular complexity index is 1070. The van der Waals surface area contributed by atoms with Gasteiger partial charge in [-0.25, -0.2) is 9.78 Å². The second kappa shape index (κ2) is 12.1. The molecule has 0 bridgehead atoms. The van der Waals surface area contributed by atoms with E-state index in [1.54, 1.807) is 33.3 Å². The maximum absolute atomic E-state index is 11.8. The predicted octanol–water partition coefficient (Wildman–Crippen LogP) is 2.97. The molecule has 0 aliphatic carbocycles. The SMILES string of the molecule is CCOC(=O)c1cnc(-c2ccc(OCC(O)CC(N)Cc3ccc(OC)c(OC)c3)cc2)[nH]1. The summed E-state index contributed by atoms with van der Waals surface area (Å²) in [5.41, 5.74) is 8.32. The summed E-state index contributed by atoms with van der Waals surface area (Å²) < 4.78 is 21.2. The molecule has 182 valence electrons. The van der Waals surface area contributed by atoms with Crippen molar-refractivity contribution in [3.63, 3.8) is 0 Å². The molecule has 0 spiro atoms. The van der Waals surface area contributed by atoms with E-state index in [2.05, 4.69) is 9.97 Å². The van der Waals surface area contributed by atoms with E-state index in [9.17, 15) is 9.90 Å². The van der Waals surface area contributed by atoms with Gasteiger partial charge in [-0.05, 0) is 61.7 Å². The van der Waals surface area contributed by atoms with Gasteiger partial charge >= 0.3 is 5.97 Å². The number of rotatable bonds is 12. The molecule has 0 amide bonds. The summed E-state index contributed by atoms with van der Waals surface area (Å²) in [6, 6.07) is 12.6. The van der Waals surface area contributed by atoms with Crippen molar-refractivity contribution >= 4 is 5.97 Å². The van der Waals surface area contributed by atoms with E-state index in [0.717, 1.165) is 11.1 Å². The molecule has 0 fully saturated rings. The number of nitrogens with zero attached hydrogens (tertiary/aromatic N) is 1. The maximum Gasteiger partial charge on any atom is 0.356 e. The summed E-state index contributed by atoms with van der Waals surface area (Å²) in [7, 11) is 3.18. The number of methoxy groups -OCH3 is 2. The molecule has 2 atom stereocenters. The summed E-state index contributed by atoms with van der Waals surface area (Å²) in [6.45, 7) is 2.16. The van der Waals surface area contributed by atoms with Crippen molar-refractivity contribution in [1.82, 2.24) is 9.97 Å². The average molecular weight is 470 g/mol. The molecule has 2 aromatic carbocycles. The molecule has 0 saturated heterocycles. The number of carbonyl (C=O) groups excluding carboxylic acids is 1. The normalized spacial score (nSPS) is 12.6. The highest BCUT2D eigenvalue weighted by atomic mass is 16.5. The molecule has 0 aliphatic rings. The molecule has 0 radical (unpaired) electrons. The zero-order valence-electron chi connectivity index (χ0n) is 19.6. The van der Waals surface area contributed by atoms with Crippen LogP contribution in [0.1, 0.15) is 29.4 Å². The van der Waals surface area contributed by atoms with Gasteiger partial charge in [-0.1, -0.05) is 6.07 Å².